The van der Waals surface area contributed by atoms with E-state index in [4.69, 9.17) is 5.73 Å². The van der Waals surface area contributed by atoms with Crippen LogP contribution in [-0.4, -0.2) is 28.1 Å². The topological polar surface area (TPSA) is 96.7 Å². The van der Waals surface area contributed by atoms with E-state index in [9.17, 15) is 4.79 Å². The van der Waals surface area contributed by atoms with Crippen LogP contribution in [-0.2, 0) is 12.8 Å². The maximum atomic E-state index is 11.5. The first kappa shape index (κ1) is 14.6. The van der Waals surface area contributed by atoms with Crippen molar-refractivity contribution in [3.05, 3.63) is 29.1 Å². The molecule has 0 saturated heterocycles. The fraction of sp³-hybridized carbons (Fsp3) is 0.438. The van der Waals surface area contributed by atoms with E-state index in [1.165, 1.54) is 11.3 Å². The number of nitrogens with zero attached hydrogens (tertiary/aromatic N) is 2. The van der Waals surface area contributed by atoms with Crippen LogP contribution in [0, 0.1) is 5.41 Å². The molecule has 0 radical (unpaired) electrons. The van der Waals surface area contributed by atoms with Crippen LogP contribution >= 0.6 is 0 Å². The van der Waals surface area contributed by atoms with Crippen molar-refractivity contribution >= 4 is 11.7 Å². The van der Waals surface area contributed by atoms with Crippen molar-refractivity contribution in [3.8, 4) is 11.3 Å². The van der Waals surface area contributed by atoms with Gasteiger partial charge in [-0.2, -0.15) is 5.10 Å². The zero-order valence-corrected chi connectivity index (χ0v) is 13.2. The average Bonchev–Trinajstić information content (AvgIpc) is 2.88. The number of rotatable bonds is 3. The Hall–Kier alpha value is -2.37. The largest absolute Gasteiger partial charge is 0.373 e. The summed E-state index contributed by atoms with van der Waals surface area (Å²) in [6.07, 6.45) is 3.10. The molecule has 1 amide bonds. The maximum Gasteiger partial charge on any atom is 0.267 e. The first-order chi connectivity index (χ1) is 10.4. The Morgan fingerprint density at radius 3 is 2.86 bits per heavy atom. The molecule has 2 heterocycles. The van der Waals surface area contributed by atoms with Crippen LogP contribution in [0.1, 0.15) is 42.0 Å². The second-order valence-corrected chi connectivity index (χ2v) is 6.61. The molecule has 22 heavy (non-hydrogen) atoms. The SMILES string of the molecule is CNc1cc(-c2n[nH]c3c2CCC(C)(C)C3)cc(C(N)=O)n1. The second kappa shape index (κ2) is 5.12. The van der Waals surface area contributed by atoms with Crippen LogP contribution in [0.15, 0.2) is 12.1 Å². The first-order valence-electron chi connectivity index (χ1n) is 7.46. The van der Waals surface area contributed by atoms with Crippen molar-refractivity contribution in [2.75, 3.05) is 12.4 Å². The summed E-state index contributed by atoms with van der Waals surface area (Å²) in [6.45, 7) is 4.54. The predicted molar refractivity (Wildman–Crippen MR) is 85.7 cm³/mol. The quantitative estimate of drug-likeness (QED) is 0.808. The Bertz CT molecular complexity index is 732. The minimum atomic E-state index is -0.538. The van der Waals surface area contributed by atoms with Gasteiger partial charge in [0.2, 0.25) is 0 Å². The zero-order valence-electron chi connectivity index (χ0n) is 13.2. The number of anilines is 1. The van der Waals surface area contributed by atoms with Gasteiger partial charge in [0, 0.05) is 23.9 Å². The van der Waals surface area contributed by atoms with Gasteiger partial charge in [0.05, 0.1) is 5.69 Å². The summed E-state index contributed by atoms with van der Waals surface area (Å²) in [6, 6.07) is 3.60. The number of nitrogens with one attached hydrogen (secondary N) is 2. The number of pyridine rings is 1. The Labute approximate surface area is 129 Å². The first-order valence-corrected chi connectivity index (χ1v) is 7.46. The van der Waals surface area contributed by atoms with Gasteiger partial charge in [-0.05, 0) is 36.8 Å². The molecule has 1 aliphatic carbocycles. The van der Waals surface area contributed by atoms with E-state index in [2.05, 4.69) is 34.3 Å². The summed E-state index contributed by atoms with van der Waals surface area (Å²) < 4.78 is 0. The summed E-state index contributed by atoms with van der Waals surface area (Å²) in [5.74, 6) is 0.0723. The number of amides is 1. The van der Waals surface area contributed by atoms with Gasteiger partial charge in [-0.15, -0.1) is 0 Å². The van der Waals surface area contributed by atoms with Crippen molar-refractivity contribution in [2.45, 2.75) is 33.1 Å². The molecule has 0 unspecified atom stereocenters. The third kappa shape index (κ3) is 2.56. The number of H-pyrrole nitrogens is 1. The van der Waals surface area contributed by atoms with Gasteiger partial charge in [-0.25, -0.2) is 4.98 Å². The summed E-state index contributed by atoms with van der Waals surface area (Å²) >= 11 is 0. The van der Waals surface area contributed by atoms with E-state index in [0.717, 1.165) is 30.5 Å². The number of fused-ring (bicyclic) bond motifs is 1. The van der Waals surface area contributed by atoms with Crippen LogP contribution in [0.2, 0.25) is 0 Å². The maximum absolute atomic E-state index is 11.5. The predicted octanol–water partition coefficient (Wildman–Crippen LogP) is 2.13. The number of carbonyl (C=O) groups excluding carboxylic acids is 1. The molecule has 2 aromatic heterocycles. The van der Waals surface area contributed by atoms with Gasteiger partial charge in [-0.1, -0.05) is 13.8 Å². The number of hydrogen-bond donors (Lipinski definition) is 3. The standard InChI is InChI=1S/C16H21N5O/c1-16(2)5-4-10-12(8-16)20-21-14(10)9-6-11(15(17)22)19-13(7-9)18-3/h6-7H,4-5,8H2,1-3H3,(H2,17,22)(H,18,19)(H,20,21). The molecule has 116 valence electrons. The highest BCUT2D eigenvalue weighted by molar-refractivity contribution is 5.92. The molecule has 0 aliphatic heterocycles. The number of aromatic nitrogens is 3. The summed E-state index contributed by atoms with van der Waals surface area (Å²) in [4.78, 5) is 15.6. The van der Waals surface area contributed by atoms with Gasteiger partial charge < -0.3 is 11.1 Å². The van der Waals surface area contributed by atoms with Gasteiger partial charge in [0.15, 0.2) is 0 Å². The molecule has 0 aromatic carbocycles. The van der Waals surface area contributed by atoms with Crippen molar-refractivity contribution in [2.24, 2.45) is 11.1 Å². The number of carbonyl (C=O) groups is 1. The fourth-order valence-electron chi connectivity index (χ4n) is 3.01. The Kier molecular flexibility index (Phi) is 3.39. The molecule has 3 rings (SSSR count). The number of hydrogen-bond acceptors (Lipinski definition) is 4. The third-order valence-electron chi connectivity index (χ3n) is 4.27. The third-order valence-corrected chi connectivity index (χ3v) is 4.27. The van der Waals surface area contributed by atoms with E-state index >= 15 is 0 Å². The smallest absolute Gasteiger partial charge is 0.267 e. The molecule has 0 saturated carbocycles. The van der Waals surface area contributed by atoms with Crippen LogP contribution in [0.25, 0.3) is 11.3 Å². The van der Waals surface area contributed by atoms with Crippen LogP contribution in [0.4, 0.5) is 5.82 Å². The van der Waals surface area contributed by atoms with Crippen LogP contribution in [0.5, 0.6) is 0 Å². The monoisotopic (exact) mass is 299 g/mol. The molecule has 4 N–H and O–H groups in total. The van der Waals surface area contributed by atoms with Crippen LogP contribution in [0.3, 0.4) is 0 Å². The van der Waals surface area contributed by atoms with Crippen LogP contribution < -0.4 is 11.1 Å². The van der Waals surface area contributed by atoms with Crippen molar-refractivity contribution in [3.63, 3.8) is 0 Å². The summed E-state index contributed by atoms with van der Waals surface area (Å²) in [7, 11) is 1.76. The zero-order chi connectivity index (χ0) is 15.9. The molecule has 0 bridgehead atoms. The van der Waals surface area contributed by atoms with Gasteiger partial charge in [0.1, 0.15) is 11.5 Å². The Morgan fingerprint density at radius 1 is 1.41 bits per heavy atom. The molecule has 0 fully saturated rings. The Morgan fingerprint density at radius 2 is 2.18 bits per heavy atom. The number of primary amides is 1. The van der Waals surface area contributed by atoms with Gasteiger partial charge in [-0.3, -0.25) is 9.89 Å². The lowest BCUT2D eigenvalue weighted by molar-refractivity contribution is 0.0995. The molecule has 1 aliphatic rings. The van der Waals surface area contributed by atoms with Crippen molar-refractivity contribution in [1.29, 1.82) is 0 Å². The molecule has 6 heteroatoms. The number of nitrogens with two attached hydrogens (primary N) is 1. The van der Waals surface area contributed by atoms with Gasteiger partial charge in [0.25, 0.3) is 5.91 Å². The van der Waals surface area contributed by atoms with E-state index in [-0.39, 0.29) is 5.69 Å². The minimum Gasteiger partial charge on any atom is -0.373 e. The summed E-state index contributed by atoms with van der Waals surface area (Å²) in [5.41, 5.74) is 10.1. The fourth-order valence-corrected chi connectivity index (χ4v) is 3.01. The van der Waals surface area contributed by atoms with Crippen molar-refractivity contribution in [1.82, 2.24) is 15.2 Å². The normalized spacial score (nSPS) is 16.1. The molecule has 0 atom stereocenters. The Balaban J connectivity index is 2.07. The minimum absolute atomic E-state index is 0.245. The van der Waals surface area contributed by atoms with E-state index in [1.807, 2.05) is 6.07 Å². The highest BCUT2D eigenvalue weighted by atomic mass is 16.1. The van der Waals surface area contributed by atoms with E-state index in [0.29, 0.717) is 11.2 Å². The molecule has 2 aromatic rings. The molecule has 0 spiro atoms. The lowest BCUT2D eigenvalue weighted by Crippen LogP contribution is -2.22. The highest BCUT2D eigenvalue weighted by Gasteiger charge is 2.29. The van der Waals surface area contributed by atoms with Crippen molar-refractivity contribution < 1.29 is 4.79 Å². The second-order valence-electron chi connectivity index (χ2n) is 6.61. The van der Waals surface area contributed by atoms with E-state index < -0.39 is 5.91 Å². The molecular weight excluding hydrogens is 278 g/mol. The lowest BCUT2D eigenvalue weighted by Gasteiger charge is -2.29. The average molecular weight is 299 g/mol. The van der Waals surface area contributed by atoms with Gasteiger partial charge >= 0.3 is 0 Å². The molecule has 6 nitrogen and oxygen atoms in total. The highest BCUT2D eigenvalue weighted by Crippen LogP contribution is 2.38. The lowest BCUT2D eigenvalue weighted by atomic mass is 9.76. The molecular formula is C16H21N5O. The number of aromatic amines is 1. The van der Waals surface area contributed by atoms with E-state index in [1.54, 1.807) is 13.1 Å². The summed E-state index contributed by atoms with van der Waals surface area (Å²) in [5, 5.41) is 10.6.